The van der Waals surface area contributed by atoms with E-state index in [2.05, 4.69) is 51.3 Å². The summed E-state index contributed by atoms with van der Waals surface area (Å²) in [7, 11) is 0. The summed E-state index contributed by atoms with van der Waals surface area (Å²) in [5, 5.41) is 0. The van der Waals surface area contributed by atoms with Crippen molar-refractivity contribution in [3.63, 3.8) is 0 Å². The van der Waals surface area contributed by atoms with Crippen LogP contribution in [0.3, 0.4) is 0 Å². The highest BCUT2D eigenvalue weighted by atomic mass is 16.2. The Kier molecular flexibility index (Phi) is 3.50. The molecular weight excluding hydrogens is 274 g/mol. The predicted octanol–water partition coefficient (Wildman–Crippen LogP) is 3.73. The molecule has 0 radical (unpaired) electrons. The molecule has 2 heterocycles. The van der Waals surface area contributed by atoms with Crippen LogP contribution in [-0.2, 0) is 4.79 Å². The summed E-state index contributed by atoms with van der Waals surface area (Å²) in [6.07, 6.45) is 0.563. The summed E-state index contributed by atoms with van der Waals surface area (Å²) in [4.78, 5) is 19.2. The molecule has 1 unspecified atom stereocenters. The molecule has 0 bridgehead atoms. The van der Waals surface area contributed by atoms with Crippen molar-refractivity contribution in [1.82, 2.24) is 14.5 Å². The van der Waals surface area contributed by atoms with Crippen molar-refractivity contribution in [3.8, 4) is 0 Å². The smallest absolute Gasteiger partial charge is 0.223 e. The second-order valence-corrected chi connectivity index (χ2v) is 7.50. The van der Waals surface area contributed by atoms with Gasteiger partial charge >= 0.3 is 0 Å². The van der Waals surface area contributed by atoms with Crippen LogP contribution in [0.4, 0.5) is 0 Å². The first-order valence-corrected chi connectivity index (χ1v) is 8.06. The number of amides is 1. The van der Waals surface area contributed by atoms with Gasteiger partial charge in [0, 0.05) is 30.5 Å². The van der Waals surface area contributed by atoms with Crippen molar-refractivity contribution in [2.24, 2.45) is 0 Å². The Hall–Kier alpha value is -1.84. The monoisotopic (exact) mass is 299 g/mol. The van der Waals surface area contributed by atoms with E-state index < -0.39 is 0 Å². The Morgan fingerprint density at radius 1 is 1.23 bits per heavy atom. The van der Waals surface area contributed by atoms with Crippen LogP contribution in [0, 0.1) is 0 Å². The number of para-hydroxylation sites is 2. The van der Waals surface area contributed by atoms with Crippen molar-refractivity contribution < 1.29 is 4.79 Å². The Morgan fingerprint density at radius 3 is 2.50 bits per heavy atom. The maximum absolute atomic E-state index is 12.4. The van der Waals surface area contributed by atoms with Crippen molar-refractivity contribution in [2.75, 3.05) is 6.54 Å². The van der Waals surface area contributed by atoms with E-state index in [0.29, 0.717) is 12.5 Å². The van der Waals surface area contributed by atoms with E-state index in [1.807, 2.05) is 17.0 Å². The van der Waals surface area contributed by atoms with Gasteiger partial charge in [-0.1, -0.05) is 12.1 Å². The van der Waals surface area contributed by atoms with Gasteiger partial charge in [-0.3, -0.25) is 4.79 Å². The quantitative estimate of drug-likeness (QED) is 0.847. The van der Waals surface area contributed by atoms with Crippen LogP contribution in [0.1, 0.15) is 58.8 Å². The number of rotatable bonds is 2. The fourth-order valence-electron chi connectivity index (χ4n) is 3.42. The molecule has 4 heteroatoms. The Morgan fingerprint density at radius 2 is 1.91 bits per heavy atom. The number of carbonyl (C=O) groups excluding carboxylic acids is 1. The zero-order valence-electron chi connectivity index (χ0n) is 14.1. The molecule has 3 rings (SSSR count). The second-order valence-electron chi connectivity index (χ2n) is 7.50. The van der Waals surface area contributed by atoms with E-state index in [-0.39, 0.29) is 17.4 Å². The Bertz CT molecular complexity index is 709. The van der Waals surface area contributed by atoms with Gasteiger partial charge in [0.1, 0.15) is 5.82 Å². The lowest BCUT2D eigenvalue weighted by Crippen LogP contribution is -2.42. The predicted molar refractivity (Wildman–Crippen MR) is 88.9 cm³/mol. The number of aromatic nitrogens is 2. The van der Waals surface area contributed by atoms with Crippen molar-refractivity contribution in [3.05, 3.63) is 30.1 Å². The van der Waals surface area contributed by atoms with Gasteiger partial charge in [0.2, 0.25) is 5.91 Å². The molecule has 22 heavy (non-hydrogen) atoms. The van der Waals surface area contributed by atoms with Gasteiger partial charge < -0.3 is 9.47 Å². The SMILES string of the molecule is CC(C)n1c(C2CC(=O)N(C(C)(C)C)C2)nc2ccccc21. The minimum atomic E-state index is -0.124. The molecule has 1 atom stereocenters. The molecule has 1 aromatic carbocycles. The molecule has 1 saturated heterocycles. The normalized spacial score (nSPS) is 19.6. The molecule has 1 aliphatic rings. The number of hydrogen-bond donors (Lipinski definition) is 0. The molecule has 1 fully saturated rings. The summed E-state index contributed by atoms with van der Waals surface area (Å²) in [6, 6.07) is 8.57. The Labute approximate surface area is 132 Å². The molecule has 1 aromatic heterocycles. The summed E-state index contributed by atoms with van der Waals surface area (Å²) in [5.41, 5.74) is 2.06. The molecule has 1 amide bonds. The van der Waals surface area contributed by atoms with Gasteiger partial charge in [-0.25, -0.2) is 4.98 Å². The lowest BCUT2D eigenvalue weighted by atomic mass is 10.1. The first kappa shape index (κ1) is 15.1. The third-order valence-electron chi connectivity index (χ3n) is 4.44. The second kappa shape index (κ2) is 5.11. The fraction of sp³-hybridized carbons (Fsp3) is 0.556. The third-order valence-corrected chi connectivity index (χ3v) is 4.44. The highest BCUT2D eigenvalue weighted by Gasteiger charge is 2.39. The summed E-state index contributed by atoms with van der Waals surface area (Å²) in [5.74, 6) is 1.47. The topological polar surface area (TPSA) is 38.1 Å². The molecule has 0 N–H and O–H groups in total. The van der Waals surface area contributed by atoms with Crippen molar-refractivity contribution in [1.29, 1.82) is 0 Å². The standard InChI is InChI=1S/C18H25N3O/c1-12(2)21-15-9-7-6-8-14(15)19-17(21)13-10-16(22)20(11-13)18(3,4)5/h6-9,12-13H,10-11H2,1-5H3. The average molecular weight is 299 g/mol. The number of nitrogens with zero attached hydrogens (tertiary/aromatic N) is 3. The van der Waals surface area contributed by atoms with Gasteiger partial charge in [0.05, 0.1) is 11.0 Å². The lowest BCUT2D eigenvalue weighted by Gasteiger charge is -2.32. The molecule has 0 spiro atoms. The summed E-state index contributed by atoms with van der Waals surface area (Å²) < 4.78 is 2.29. The van der Waals surface area contributed by atoms with Gasteiger partial charge in [0.15, 0.2) is 0 Å². The van der Waals surface area contributed by atoms with Crippen LogP contribution in [0.25, 0.3) is 11.0 Å². The molecular formula is C18H25N3O. The first-order chi connectivity index (χ1) is 10.3. The van der Waals surface area contributed by atoms with Crippen LogP contribution < -0.4 is 0 Å². The lowest BCUT2D eigenvalue weighted by molar-refractivity contribution is -0.131. The van der Waals surface area contributed by atoms with Crippen molar-refractivity contribution >= 4 is 16.9 Å². The number of benzene rings is 1. The maximum Gasteiger partial charge on any atom is 0.223 e. The fourth-order valence-corrected chi connectivity index (χ4v) is 3.42. The van der Waals surface area contributed by atoms with Crippen molar-refractivity contribution in [2.45, 2.75) is 58.5 Å². The molecule has 0 saturated carbocycles. The number of carbonyl (C=O) groups is 1. The first-order valence-electron chi connectivity index (χ1n) is 8.06. The average Bonchev–Trinajstić information content (AvgIpc) is 2.98. The summed E-state index contributed by atoms with van der Waals surface area (Å²) >= 11 is 0. The minimum Gasteiger partial charge on any atom is -0.337 e. The largest absolute Gasteiger partial charge is 0.337 e. The van der Waals surface area contributed by atoms with E-state index >= 15 is 0 Å². The van der Waals surface area contributed by atoms with E-state index in [0.717, 1.165) is 23.4 Å². The third kappa shape index (κ3) is 2.40. The molecule has 0 aliphatic carbocycles. The maximum atomic E-state index is 12.4. The van der Waals surface area contributed by atoms with E-state index in [1.54, 1.807) is 0 Å². The van der Waals surface area contributed by atoms with Gasteiger partial charge in [-0.2, -0.15) is 0 Å². The van der Waals surface area contributed by atoms with Gasteiger partial charge in [-0.15, -0.1) is 0 Å². The molecule has 2 aromatic rings. The summed E-state index contributed by atoms with van der Waals surface area (Å²) in [6.45, 7) is 11.4. The highest BCUT2D eigenvalue weighted by molar-refractivity contribution is 5.81. The van der Waals surface area contributed by atoms with E-state index in [9.17, 15) is 4.79 Å². The van der Waals surface area contributed by atoms with Gasteiger partial charge in [-0.05, 0) is 46.8 Å². The minimum absolute atomic E-state index is 0.124. The van der Waals surface area contributed by atoms with Crippen LogP contribution in [0.5, 0.6) is 0 Å². The number of hydrogen-bond acceptors (Lipinski definition) is 2. The Balaban J connectivity index is 2.04. The van der Waals surface area contributed by atoms with Gasteiger partial charge in [0.25, 0.3) is 0 Å². The molecule has 118 valence electrons. The molecule has 1 aliphatic heterocycles. The highest BCUT2D eigenvalue weighted by Crippen LogP contribution is 2.35. The number of imidazole rings is 1. The van der Waals surface area contributed by atoms with Crippen LogP contribution in [0.2, 0.25) is 0 Å². The zero-order chi connectivity index (χ0) is 16.1. The van der Waals surface area contributed by atoms with E-state index in [4.69, 9.17) is 4.98 Å². The van der Waals surface area contributed by atoms with Crippen LogP contribution in [0.15, 0.2) is 24.3 Å². The zero-order valence-corrected chi connectivity index (χ0v) is 14.1. The number of fused-ring (bicyclic) bond motifs is 1. The van der Waals surface area contributed by atoms with E-state index in [1.165, 1.54) is 0 Å². The molecule has 4 nitrogen and oxygen atoms in total. The number of likely N-dealkylation sites (tertiary alicyclic amines) is 1. The van der Waals surface area contributed by atoms with Crippen LogP contribution >= 0.6 is 0 Å². The van der Waals surface area contributed by atoms with Crippen LogP contribution in [-0.4, -0.2) is 32.4 Å².